The topological polar surface area (TPSA) is 46.2 Å². The summed E-state index contributed by atoms with van der Waals surface area (Å²) in [4.78, 5) is 23.3. The van der Waals surface area contributed by atoms with Crippen LogP contribution in [0.4, 0.5) is 5.69 Å². The van der Waals surface area contributed by atoms with Crippen LogP contribution < -0.4 is 5.32 Å². The molecule has 0 unspecified atom stereocenters. The lowest BCUT2D eigenvalue weighted by atomic mass is 10.1. The van der Waals surface area contributed by atoms with Crippen LogP contribution in [0.25, 0.3) is 0 Å². The van der Waals surface area contributed by atoms with E-state index in [2.05, 4.69) is 21.2 Å². The van der Waals surface area contributed by atoms with E-state index in [-0.39, 0.29) is 11.7 Å². The Balaban J connectivity index is 2.17. The number of carbonyl (C=O) groups excluding carboxylic acids is 2. The summed E-state index contributed by atoms with van der Waals surface area (Å²) in [5.41, 5.74) is 2.94. The van der Waals surface area contributed by atoms with Gasteiger partial charge in [-0.2, -0.15) is 0 Å². The van der Waals surface area contributed by atoms with Crippen molar-refractivity contribution in [3.63, 3.8) is 0 Å². The van der Waals surface area contributed by atoms with Gasteiger partial charge in [0.25, 0.3) is 5.91 Å². The normalized spacial score (nSPS) is 10.2. The van der Waals surface area contributed by atoms with Crippen LogP contribution in [-0.2, 0) is 0 Å². The number of amides is 1. The summed E-state index contributed by atoms with van der Waals surface area (Å²) in [6.07, 6.45) is 0. The molecule has 0 bridgehead atoms. The fourth-order valence-corrected chi connectivity index (χ4v) is 2.46. The summed E-state index contributed by atoms with van der Waals surface area (Å²) in [6.45, 7) is 3.48. The molecular formula is C16H14BrNO2. The maximum atomic E-state index is 12.2. The monoisotopic (exact) mass is 331 g/mol. The fourth-order valence-electron chi connectivity index (χ4n) is 1.79. The molecule has 0 heterocycles. The summed E-state index contributed by atoms with van der Waals surface area (Å²) in [5, 5.41) is 2.80. The van der Waals surface area contributed by atoms with Crippen molar-refractivity contribution < 1.29 is 9.59 Å². The zero-order valence-corrected chi connectivity index (χ0v) is 12.8. The highest BCUT2D eigenvalue weighted by Crippen LogP contribution is 2.20. The lowest BCUT2D eigenvalue weighted by molar-refractivity contribution is 0.101. The van der Waals surface area contributed by atoms with E-state index in [1.807, 2.05) is 19.1 Å². The Morgan fingerprint density at radius 2 is 1.70 bits per heavy atom. The van der Waals surface area contributed by atoms with Crippen LogP contribution in [-0.4, -0.2) is 11.7 Å². The van der Waals surface area contributed by atoms with Crippen molar-refractivity contribution in [1.29, 1.82) is 0 Å². The number of halogens is 1. The van der Waals surface area contributed by atoms with Gasteiger partial charge in [-0.05, 0) is 71.7 Å². The molecule has 2 aromatic rings. The lowest BCUT2D eigenvalue weighted by Gasteiger charge is -2.08. The molecule has 2 rings (SSSR count). The van der Waals surface area contributed by atoms with Gasteiger partial charge in [-0.1, -0.05) is 6.07 Å². The van der Waals surface area contributed by atoms with E-state index >= 15 is 0 Å². The van der Waals surface area contributed by atoms with Crippen LogP contribution in [0.15, 0.2) is 46.9 Å². The lowest BCUT2D eigenvalue weighted by Crippen LogP contribution is -2.12. The first-order valence-electron chi connectivity index (χ1n) is 6.16. The molecule has 2 aromatic carbocycles. The molecule has 0 aliphatic rings. The number of aryl methyl sites for hydroxylation is 1. The number of anilines is 1. The molecule has 0 saturated carbocycles. The number of hydrogen-bond acceptors (Lipinski definition) is 2. The second kappa shape index (κ2) is 6.01. The van der Waals surface area contributed by atoms with Crippen LogP contribution in [0.1, 0.15) is 33.2 Å². The third kappa shape index (κ3) is 3.33. The van der Waals surface area contributed by atoms with Crippen molar-refractivity contribution in [2.75, 3.05) is 5.32 Å². The van der Waals surface area contributed by atoms with E-state index in [1.54, 1.807) is 30.3 Å². The summed E-state index contributed by atoms with van der Waals surface area (Å²) < 4.78 is 0.760. The molecular weight excluding hydrogens is 318 g/mol. The van der Waals surface area contributed by atoms with Crippen molar-refractivity contribution in [3.8, 4) is 0 Å². The molecule has 0 atom stereocenters. The Morgan fingerprint density at radius 1 is 1.05 bits per heavy atom. The van der Waals surface area contributed by atoms with E-state index in [4.69, 9.17) is 0 Å². The minimum Gasteiger partial charge on any atom is -0.322 e. The number of Topliss-reactive ketones (excluding diaryl/α,β-unsaturated/α-hetero) is 1. The van der Waals surface area contributed by atoms with Crippen molar-refractivity contribution in [3.05, 3.63) is 63.6 Å². The first-order chi connectivity index (χ1) is 9.47. The van der Waals surface area contributed by atoms with E-state index in [9.17, 15) is 9.59 Å². The molecule has 0 spiro atoms. The number of carbonyl (C=O) groups is 2. The first-order valence-corrected chi connectivity index (χ1v) is 6.95. The van der Waals surface area contributed by atoms with Gasteiger partial charge >= 0.3 is 0 Å². The fraction of sp³-hybridized carbons (Fsp3) is 0.125. The van der Waals surface area contributed by atoms with Crippen molar-refractivity contribution in [2.45, 2.75) is 13.8 Å². The van der Waals surface area contributed by atoms with Gasteiger partial charge in [0.2, 0.25) is 0 Å². The van der Waals surface area contributed by atoms with E-state index < -0.39 is 0 Å². The van der Waals surface area contributed by atoms with Crippen LogP contribution >= 0.6 is 15.9 Å². The Kier molecular flexibility index (Phi) is 4.35. The predicted octanol–water partition coefficient (Wildman–Crippen LogP) is 4.21. The SMILES string of the molecule is CC(=O)c1ccc(NC(=O)c2ccc(C)cc2Br)cc1. The van der Waals surface area contributed by atoms with Crippen LogP contribution in [0.2, 0.25) is 0 Å². The standard InChI is InChI=1S/C16H14BrNO2/c1-10-3-8-14(15(17)9-10)16(20)18-13-6-4-12(5-7-13)11(2)19/h3-9H,1-2H3,(H,18,20). The van der Waals surface area contributed by atoms with Gasteiger partial charge in [-0.3, -0.25) is 9.59 Å². The van der Waals surface area contributed by atoms with Gasteiger partial charge in [0, 0.05) is 15.7 Å². The maximum Gasteiger partial charge on any atom is 0.256 e. The highest BCUT2D eigenvalue weighted by atomic mass is 79.9. The quantitative estimate of drug-likeness (QED) is 0.856. The summed E-state index contributed by atoms with van der Waals surface area (Å²) in [6, 6.07) is 12.4. The van der Waals surface area contributed by atoms with Crippen LogP contribution in [0.5, 0.6) is 0 Å². The number of hydrogen-bond donors (Lipinski definition) is 1. The minimum absolute atomic E-state index is 0.00385. The molecule has 20 heavy (non-hydrogen) atoms. The summed E-state index contributed by atoms with van der Waals surface area (Å²) in [7, 11) is 0. The van der Waals surface area contributed by atoms with E-state index in [0.717, 1.165) is 10.0 Å². The van der Waals surface area contributed by atoms with E-state index in [0.29, 0.717) is 16.8 Å². The molecule has 0 saturated heterocycles. The second-order valence-electron chi connectivity index (χ2n) is 4.57. The third-order valence-electron chi connectivity index (χ3n) is 2.92. The average molecular weight is 332 g/mol. The molecule has 4 heteroatoms. The Morgan fingerprint density at radius 3 is 2.25 bits per heavy atom. The molecule has 1 N–H and O–H groups in total. The predicted molar refractivity (Wildman–Crippen MR) is 83.3 cm³/mol. The first kappa shape index (κ1) is 14.5. The molecule has 102 valence electrons. The summed E-state index contributed by atoms with van der Waals surface area (Å²) in [5.74, 6) is -0.184. The zero-order chi connectivity index (χ0) is 14.7. The van der Waals surface area contributed by atoms with E-state index in [1.165, 1.54) is 6.92 Å². The minimum atomic E-state index is -0.188. The van der Waals surface area contributed by atoms with Gasteiger partial charge in [0.15, 0.2) is 5.78 Å². The maximum absolute atomic E-state index is 12.2. The number of nitrogens with one attached hydrogen (secondary N) is 1. The number of benzene rings is 2. The largest absolute Gasteiger partial charge is 0.322 e. The molecule has 0 radical (unpaired) electrons. The van der Waals surface area contributed by atoms with Gasteiger partial charge in [0.1, 0.15) is 0 Å². The zero-order valence-electron chi connectivity index (χ0n) is 11.2. The van der Waals surface area contributed by atoms with Crippen molar-refractivity contribution >= 4 is 33.3 Å². The third-order valence-corrected chi connectivity index (χ3v) is 3.57. The molecule has 1 amide bonds. The molecule has 3 nitrogen and oxygen atoms in total. The van der Waals surface area contributed by atoms with Crippen LogP contribution in [0.3, 0.4) is 0 Å². The Bertz CT molecular complexity index is 663. The highest BCUT2D eigenvalue weighted by molar-refractivity contribution is 9.10. The Hall–Kier alpha value is -1.94. The van der Waals surface area contributed by atoms with Crippen LogP contribution in [0, 0.1) is 6.92 Å². The average Bonchev–Trinajstić information content (AvgIpc) is 2.39. The van der Waals surface area contributed by atoms with Crippen molar-refractivity contribution in [2.24, 2.45) is 0 Å². The summed E-state index contributed by atoms with van der Waals surface area (Å²) >= 11 is 3.39. The Labute approximate surface area is 126 Å². The van der Waals surface area contributed by atoms with Gasteiger partial charge in [-0.25, -0.2) is 0 Å². The van der Waals surface area contributed by atoms with Gasteiger partial charge in [0.05, 0.1) is 5.56 Å². The number of rotatable bonds is 3. The molecule has 0 fully saturated rings. The van der Waals surface area contributed by atoms with Crippen molar-refractivity contribution in [1.82, 2.24) is 0 Å². The van der Waals surface area contributed by atoms with Gasteiger partial charge in [-0.15, -0.1) is 0 Å². The number of ketones is 1. The smallest absolute Gasteiger partial charge is 0.256 e. The van der Waals surface area contributed by atoms with Gasteiger partial charge < -0.3 is 5.32 Å². The molecule has 0 aliphatic carbocycles. The molecule has 0 aliphatic heterocycles. The second-order valence-corrected chi connectivity index (χ2v) is 5.43. The molecule has 0 aromatic heterocycles. The highest BCUT2D eigenvalue weighted by Gasteiger charge is 2.10.